The Balaban J connectivity index is 1.24. The largest absolute Gasteiger partial charge is 0.337 e. The van der Waals surface area contributed by atoms with Crippen LogP contribution in [0.1, 0.15) is 18.4 Å². The third kappa shape index (κ3) is 4.52. The number of hydrogen-bond donors (Lipinski definition) is 1. The Morgan fingerprint density at radius 3 is 2.56 bits per heavy atom. The molecule has 1 N–H and O–H groups in total. The smallest absolute Gasteiger partial charge is 0.321 e. The highest BCUT2D eigenvalue weighted by Crippen LogP contribution is 2.21. The lowest BCUT2D eigenvalue weighted by Crippen LogP contribution is -2.35. The molecule has 0 unspecified atom stereocenters. The number of anilines is 1. The van der Waals surface area contributed by atoms with Crippen LogP contribution in [0.4, 0.5) is 10.4 Å². The van der Waals surface area contributed by atoms with Crippen molar-refractivity contribution in [3.05, 3.63) is 66.0 Å². The van der Waals surface area contributed by atoms with E-state index < -0.39 is 0 Å². The molecule has 2 aromatic carbocycles. The Kier molecular flexibility index (Phi) is 5.44. The highest BCUT2D eigenvalue weighted by Gasteiger charge is 2.20. The minimum absolute atomic E-state index is 0.119. The molecule has 0 atom stereocenters. The van der Waals surface area contributed by atoms with Crippen LogP contribution in [0, 0.1) is 11.7 Å². The van der Waals surface area contributed by atoms with Crippen molar-refractivity contribution in [1.82, 2.24) is 15.0 Å². The zero-order valence-electron chi connectivity index (χ0n) is 15.1. The van der Waals surface area contributed by atoms with E-state index in [-0.39, 0.29) is 5.82 Å². The maximum absolute atomic E-state index is 13.8. The molecular weight excluding hydrogens is 343 g/mol. The maximum Gasteiger partial charge on any atom is 0.321 e. The summed E-state index contributed by atoms with van der Waals surface area (Å²) in [5.41, 5.74) is 1.71. The first-order valence-electron chi connectivity index (χ1n) is 9.37. The summed E-state index contributed by atoms with van der Waals surface area (Å²) in [6, 6.07) is 17.3. The zero-order valence-corrected chi connectivity index (χ0v) is 15.1. The van der Waals surface area contributed by atoms with E-state index in [1.54, 1.807) is 6.07 Å². The van der Waals surface area contributed by atoms with Crippen LogP contribution in [0.15, 0.2) is 59.1 Å². The molecule has 5 nitrogen and oxygen atoms in total. The number of nitrogens with one attached hydrogen (secondary N) is 1. The molecule has 3 aromatic rings. The van der Waals surface area contributed by atoms with Crippen LogP contribution in [-0.4, -0.2) is 34.7 Å². The van der Waals surface area contributed by atoms with Crippen molar-refractivity contribution in [2.24, 2.45) is 5.92 Å². The van der Waals surface area contributed by atoms with E-state index in [1.807, 2.05) is 42.5 Å². The van der Waals surface area contributed by atoms with Crippen LogP contribution in [-0.2, 0) is 6.54 Å². The fraction of sp³-hybridized carbons (Fsp3) is 0.333. The molecule has 1 aliphatic heterocycles. The minimum Gasteiger partial charge on any atom is -0.337 e. The fourth-order valence-corrected chi connectivity index (χ4v) is 3.45. The van der Waals surface area contributed by atoms with Crippen molar-refractivity contribution in [1.29, 1.82) is 0 Å². The van der Waals surface area contributed by atoms with Crippen molar-refractivity contribution in [2.45, 2.75) is 19.4 Å². The quantitative estimate of drug-likeness (QED) is 0.709. The van der Waals surface area contributed by atoms with E-state index in [0.29, 0.717) is 24.3 Å². The van der Waals surface area contributed by atoms with Crippen molar-refractivity contribution in [3.63, 3.8) is 0 Å². The predicted octanol–water partition coefficient (Wildman–Crippen LogP) is 4.20. The summed E-state index contributed by atoms with van der Waals surface area (Å²) in [7, 11) is 0. The first-order valence-corrected chi connectivity index (χ1v) is 9.37. The van der Waals surface area contributed by atoms with Crippen LogP contribution in [0.25, 0.3) is 11.4 Å². The van der Waals surface area contributed by atoms with E-state index in [1.165, 1.54) is 6.07 Å². The van der Waals surface area contributed by atoms with Gasteiger partial charge in [0.05, 0.1) is 0 Å². The Bertz CT molecular complexity index is 859. The van der Waals surface area contributed by atoms with E-state index in [4.69, 9.17) is 4.52 Å². The van der Waals surface area contributed by atoms with Gasteiger partial charge in [-0.2, -0.15) is 4.98 Å². The fourth-order valence-electron chi connectivity index (χ4n) is 3.45. The Morgan fingerprint density at radius 2 is 1.78 bits per heavy atom. The molecule has 2 heterocycles. The van der Waals surface area contributed by atoms with Gasteiger partial charge < -0.3 is 9.84 Å². The summed E-state index contributed by atoms with van der Waals surface area (Å²) in [5.74, 6) is 1.03. The molecule has 0 amide bonds. The van der Waals surface area contributed by atoms with E-state index >= 15 is 0 Å². The minimum atomic E-state index is -0.119. The van der Waals surface area contributed by atoms with Crippen molar-refractivity contribution < 1.29 is 8.91 Å². The average molecular weight is 366 g/mol. The van der Waals surface area contributed by atoms with Gasteiger partial charge in [-0.05, 0) is 37.9 Å². The topological polar surface area (TPSA) is 54.2 Å². The Labute approximate surface area is 158 Å². The van der Waals surface area contributed by atoms with Gasteiger partial charge in [0.15, 0.2) is 0 Å². The van der Waals surface area contributed by atoms with Gasteiger partial charge in [0.25, 0.3) is 0 Å². The molecule has 4 rings (SSSR count). The number of halogens is 1. The van der Waals surface area contributed by atoms with E-state index in [2.05, 4.69) is 20.4 Å². The zero-order chi connectivity index (χ0) is 18.5. The van der Waals surface area contributed by atoms with Gasteiger partial charge in [-0.3, -0.25) is 4.90 Å². The summed E-state index contributed by atoms with van der Waals surface area (Å²) in [6.07, 6.45) is 2.14. The standard InChI is InChI=1S/C21H23FN4O/c22-19-9-5-4-8-18(19)15-26-12-10-16(11-13-26)14-23-21-24-20(25-27-21)17-6-2-1-3-7-17/h1-9,16H,10-15H2,(H,23,24,25). The maximum atomic E-state index is 13.8. The first-order chi connectivity index (χ1) is 13.3. The monoisotopic (exact) mass is 366 g/mol. The number of hydrogen-bond acceptors (Lipinski definition) is 5. The van der Waals surface area contributed by atoms with Crippen molar-refractivity contribution >= 4 is 6.01 Å². The number of benzene rings is 2. The molecular formula is C21H23FN4O. The van der Waals surface area contributed by atoms with Crippen molar-refractivity contribution in [2.75, 3.05) is 25.0 Å². The molecule has 1 saturated heterocycles. The van der Waals surface area contributed by atoms with Crippen LogP contribution < -0.4 is 5.32 Å². The first kappa shape index (κ1) is 17.7. The molecule has 0 spiro atoms. The molecule has 6 heteroatoms. The molecule has 1 fully saturated rings. The van der Waals surface area contributed by atoms with Crippen LogP contribution in [0.3, 0.4) is 0 Å². The number of nitrogens with zero attached hydrogens (tertiary/aromatic N) is 3. The number of rotatable bonds is 6. The SMILES string of the molecule is Fc1ccccc1CN1CCC(CNc2nc(-c3ccccc3)no2)CC1. The van der Waals surface area contributed by atoms with Gasteiger partial charge in [-0.25, -0.2) is 4.39 Å². The number of aromatic nitrogens is 2. The second-order valence-corrected chi connectivity index (χ2v) is 6.98. The normalized spacial score (nSPS) is 15.7. The van der Waals surface area contributed by atoms with Gasteiger partial charge in [-0.15, -0.1) is 0 Å². The summed E-state index contributed by atoms with van der Waals surface area (Å²) in [5, 5.41) is 7.28. The van der Waals surface area contributed by atoms with Crippen LogP contribution in [0.5, 0.6) is 0 Å². The predicted molar refractivity (Wildman–Crippen MR) is 103 cm³/mol. The molecule has 0 radical (unpaired) electrons. The second kappa shape index (κ2) is 8.31. The molecule has 1 aromatic heterocycles. The summed E-state index contributed by atoms with van der Waals surface area (Å²) in [4.78, 5) is 6.72. The summed E-state index contributed by atoms with van der Waals surface area (Å²) in [6.45, 7) is 3.43. The second-order valence-electron chi connectivity index (χ2n) is 6.98. The summed E-state index contributed by atoms with van der Waals surface area (Å²) < 4.78 is 19.1. The van der Waals surface area contributed by atoms with Gasteiger partial charge in [0.1, 0.15) is 5.82 Å². The highest BCUT2D eigenvalue weighted by molar-refractivity contribution is 5.54. The van der Waals surface area contributed by atoms with Gasteiger partial charge in [0, 0.05) is 24.2 Å². The van der Waals surface area contributed by atoms with Crippen molar-refractivity contribution in [3.8, 4) is 11.4 Å². The molecule has 0 bridgehead atoms. The van der Waals surface area contributed by atoms with E-state index in [9.17, 15) is 4.39 Å². The average Bonchev–Trinajstić information content (AvgIpc) is 3.19. The van der Waals surface area contributed by atoms with Crippen LogP contribution in [0.2, 0.25) is 0 Å². The molecule has 1 aliphatic rings. The lowest BCUT2D eigenvalue weighted by Gasteiger charge is -2.31. The lowest BCUT2D eigenvalue weighted by molar-refractivity contribution is 0.180. The van der Waals surface area contributed by atoms with E-state index in [0.717, 1.165) is 43.6 Å². The Hall–Kier alpha value is -2.73. The van der Waals surface area contributed by atoms with Crippen LogP contribution >= 0.6 is 0 Å². The van der Waals surface area contributed by atoms with Gasteiger partial charge >= 0.3 is 6.01 Å². The molecule has 140 valence electrons. The molecule has 0 saturated carbocycles. The van der Waals surface area contributed by atoms with Gasteiger partial charge in [0.2, 0.25) is 5.82 Å². The number of piperidine rings is 1. The van der Waals surface area contributed by atoms with Gasteiger partial charge in [-0.1, -0.05) is 53.7 Å². The highest BCUT2D eigenvalue weighted by atomic mass is 19.1. The summed E-state index contributed by atoms with van der Waals surface area (Å²) >= 11 is 0. The number of likely N-dealkylation sites (tertiary alicyclic amines) is 1. The molecule has 27 heavy (non-hydrogen) atoms. The Morgan fingerprint density at radius 1 is 1.04 bits per heavy atom. The third-order valence-corrected chi connectivity index (χ3v) is 5.06. The lowest BCUT2D eigenvalue weighted by atomic mass is 9.96. The molecule has 0 aliphatic carbocycles. The third-order valence-electron chi connectivity index (χ3n) is 5.06.